The van der Waals surface area contributed by atoms with Crippen LogP contribution in [-0.2, 0) is 6.18 Å². The number of nitrogens with zero attached hydrogens (tertiary/aromatic N) is 2. The fraction of sp³-hybridized carbons (Fsp3) is 0.0526. The summed E-state index contributed by atoms with van der Waals surface area (Å²) in [5, 5.41) is 0.981. The Morgan fingerprint density at radius 2 is 1.78 bits per heavy atom. The molecule has 3 nitrogen and oxygen atoms in total. The maximum atomic E-state index is 13.5. The molecule has 0 saturated carbocycles. The van der Waals surface area contributed by atoms with Crippen LogP contribution in [0.25, 0.3) is 27.5 Å². The van der Waals surface area contributed by atoms with Gasteiger partial charge in [0.2, 0.25) is 0 Å². The van der Waals surface area contributed by atoms with Crippen molar-refractivity contribution in [1.29, 1.82) is 0 Å². The highest BCUT2D eigenvalue weighted by Gasteiger charge is 2.35. The first kappa shape index (κ1) is 17.7. The fourth-order valence-corrected chi connectivity index (χ4v) is 3.41. The van der Waals surface area contributed by atoms with Crippen LogP contribution in [0.15, 0.2) is 64.0 Å². The van der Waals surface area contributed by atoms with Crippen LogP contribution in [0.4, 0.5) is 17.6 Å². The Labute approximate surface area is 158 Å². The molecule has 27 heavy (non-hydrogen) atoms. The number of alkyl halides is 3. The first-order valence-electron chi connectivity index (χ1n) is 7.73. The lowest BCUT2D eigenvalue weighted by molar-refractivity contribution is -0.137. The topological polar surface area (TPSA) is 34.9 Å². The van der Waals surface area contributed by atoms with Crippen molar-refractivity contribution < 1.29 is 17.6 Å². The summed E-state index contributed by atoms with van der Waals surface area (Å²) in [6.07, 6.45) is -3.35. The summed E-state index contributed by atoms with van der Waals surface area (Å²) in [5.74, 6) is -1.03. The van der Waals surface area contributed by atoms with Gasteiger partial charge < -0.3 is 0 Å². The molecule has 0 N–H and O–H groups in total. The van der Waals surface area contributed by atoms with Gasteiger partial charge in [0.25, 0.3) is 5.56 Å². The van der Waals surface area contributed by atoms with E-state index in [-0.39, 0.29) is 5.52 Å². The van der Waals surface area contributed by atoms with Crippen molar-refractivity contribution in [3.8, 4) is 5.69 Å². The third-order valence-electron chi connectivity index (χ3n) is 4.18. The smallest absolute Gasteiger partial charge is 0.276 e. The van der Waals surface area contributed by atoms with Gasteiger partial charge in [-0.05, 0) is 42.5 Å². The van der Waals surface area contributed by atoms with Crippen LogP contribution in [-0.4, -0.2) is 9.55 Å². The van der Waals surface area contributed by atoms with Crippen LogP contribution in [0.5, 0.6) is 0 Å². The Kier molecular flexibility index (Phi) is 4.03. The van der Waals surface area contributed by atoms with E-state index >= 15 is 0 Å². The van der Waals surface area contributed by atoms with Crippen molar-refractivity contribution in [2.75, 3.05) is 0 Å². The molecule has 2 heterocycles. The molecule has 0 atom stereocenters. The number of rotatable bonds is 1. The molecule has 4 aromatic rings. The Hall–Kier alpha value is -2.74. The van der Waals surface area contributed by atoms with Crippen LogP contribution in [0.1, 0.15) is 5.56 Å². The number of hydrogen-bond donors (Lipinski definition) is 0. The third-order valence-corrected chi connectivity index (χ3v) is 4.68. The highest BCUT2D eigenvalue weighted by atomic mass is 79.9. The molecule has 0 bridgehead atoms. The van der Waals surface area contributed by atoms with E-state index in [4.69, 9.17) is 0 Å². The molecule has 0 spiro atoms. The van der Waals surface area contributed by atoms with Gasteiger partial charge in [-0.25, -0.2) is 4.39 Å². The standard InChI is InChI=1S/C19H9BrF4N2O/c20-11-2-4-15-13(7-11)18-10(9-25-15)1-6-17(27)26(18)16-5-3-12(21)8-14(16)19(22,23)24/h1-9H. The second-order valence-corrected chi connectivity index (χ2v) is 6.81. The molecular formula is C19H9BrF4N2O. The quantitative estimate of drug-likeness (QED) is 0.293. The minimum Gasteiger partial charge on any atom is -0.276 e. The highest BCUT2D eigenvalue weighted by molar-refractivity contribution is 9.10. The van der Waals surface area contributed by atoms with Crippen molar-refractivity contribution in [2.45, 2.75) is 6.18 Å². The van der Waals surface area contributed by atoms with Crippen LogP contribution in [0.3, 0.4) is 0 Å². The largest absolute Gasteiger partial charge is 0.418 e. The molecule has 2 aromatic carbocycles. The summed E-state index contributed by atoms with van der Waals surface area (Å²) >= 11 is 3.33. The van der Waals surface area contributed by atoms with E-state index in [1.54, 1.807) is 18.2 Å². The third kappa shape index (κ3) is 2.99. The summed E-state index contributed by atoms with van der Waals surface area (Å²) < 4.78 is 55.7. The molecule has 0 aliphatic rings. The lowest BCUT2D eigenvalue weighted by atomic mass is 10.1. The molecule has 0 radical (unpaired) electrons. The molecular weight excluding hydrogens is 428 g/mol. The number of halogens is 5. The van der Waals surface area contributed by atoms with Gasteiger partial charge in [0.1, 0.15) is 5.82 Å². The molecule has 8 heteroatoms. The monoisotopic (exact) mass is 436 g/mol. The maximum Gasteiger partial charge on any atom is 0.418 e. The van der Waals surface area contributed by atoms with Crippen LogP contribution >= 0.6 is 15.9 Å². The number of hydrogen-bond acceptors (Lipinski definition) is 2. The zero-order valence-electron chi connectivity index (χ0n) is 13.4. The number of aromatic nitrogens is 2. The SMILES string of the molecule is O=c1ccc2cnc3ccc(Br)cc3c2n1-c1ccc(F)cc1C(F)(F)F. The van der Waals surface area contributed by atoms with E-state index in [9.17, 15) is 22.4 Å². The van der Waals surface area contributed by atoms with Gasteiger partial charge in [-0.15, -0.1) is 0 Å². The van der Waals surface area contributed by atoms with Crippen molar-refractivity contribution in [3.05, 3.63) is 80.9 Å². The Morgan fingerprint density at radius 3 is 2.52 bits per heavy atom. The van der Waals surface area contributed by atoms with Gasteiger partial charge in [0.05, 0.1) is 22.3 Å². The average molecular weight is 437 g/mol. The summed E-state index contributed by atoms with van der Waals surface area (Å²) in [6.45, 7) is 0. The Balaban J connectivity index is 2.23. The summed E-state index contributed by atoms with van der Waals surface area (Å²) in [5.41, 5.74) is -1.54. The predicted molar refractivity (Wildman–Crippen MR) is 97.5 cm³/mol. The van der Waals surface area contributed by atoms with Crippen LogP contribution in [0.2, 0.25) is 0 Å². The Bertz CT molecular complexity index is 1260. The lowest BCUT2D eigenvalue weighted by Gasteiger charge is -2.17. The second-order valence-electron chi connectivity index (χ2n) is 5.89. The minimum absolute atomic E-state index is 0.269. The molecule has 0 saturated heterocycles. The molecule has 4 rings (SSSR count). The molecule has 0 fully saturated rings. The fourth-order valence-electron chi connectivity index (χ4n) is 3.05. The molecule has 0 unspecified atom stereocenters. The minimum atomic E-state index is -4.83. The van der Waals surface area contributed by atoms with E-state index < -0.39 is 28.8 Å². The van der Waals surface area contributed by atoms with Gasteiger partial charge in [-0.1, -0.05) is 15.9 Å². The van der Waals surface area contributed by atoms with Gasteiger partial charge >= 0.3 is 6.18 Å². The van der Waals surface area contributed by atoms with Crippen molar-refractivity contribution >= 4 is 37.7 Å². The highest BCUT2D eigenvalue weighted by Crippen LogP contribution is 2.36. The molecule has 2 aromatic heterocycles. The maximum absolute atomic E-state index is 13.5. The summed E-state index contributed by atoms with van der Waals surface area (Å²) in [4.78, 5) is 16.9. The number of fused-ring (bicyclic) bond motifs is 3. The van der Waals surface area contributed by atoms with E-state index in [2.05, 4.69) is 20.9 Å². The molecule has 0 aliphatic heterocycles. The van der Waals surface area contributed by atoms with E-state index in [0.717, 1.165) is 22.8 Å². The van der Waals surface area contributed by atoms with Crippen LogP contribution in [0, 0.1) is 5.82 Å². The summed E-state index contributed by atoms with van der Waals surface area (Å²) in [7, 11) is 0. The van der Waals surface area contributed by atoms with Crippen molar-refractivity contribution in [1.82, 2.24) is 9.55 Å². The Morgan fingerprint density at radius 1 is 1.00 bits per heavy atom. The number of benzene rings is 2. The van der Waals surface area contributed by atoms with Crippen LogP contribution < -0.4 is 5.56 Å². The van der Waals surface area contributed by atoms with Gasteiger partial charge in [0, 0.05) is 27.5 Å². The molecule has 0 aliphatic carbocycles. The summed E-state index contributed by atoms with van der Waals surface area (Å²) in [6, 6.07) is 10.0. The first-order chi connectivity index (χ1) is 12.8. The van der Waals surface area contributed by atoms with E-state index in [0.29, 0.717) is 26.8 Å². The van der Waals surface area contributed by atoms with Gasteiger partial charge in [-0.2, -0.15) is 13.2 Å². The average Bonchev–Trinajstić information content (AvgIpc) is 2.61. The van der Waals surface area contributed by atoms with E-state index in [1.165, 1.54) is 12.3 Å². The first-order valence-corrected chi connectivity index (χ1v) is 8.52. The van der Waals surface area contributed by atoms with Gasteiger partial charge in [-0.3, -0.25) is 14.3 Å². The van der Waals surface area contributed by atoms with E-state index in [1.807, 2.05) is 0 Å². The molecule has 0 amide bonds. The van der Waals surface area contributed by atoms with Crippen molar-refractivity contribution in [2.24, 2.45) is 0 Å². The van der Waals surface area contributed by atoms with Gasteiger partial charge in [0.15, 0.2) is 0 Å². The zero-order chi connectivity index (χ0) is 19.3. The number of pyridine rings is 2. The predicted octanol–water partition coefficient (Wildman–Crippen LogP) is 5.46. The van der Waals surface area contributed by atoms with Crippen molar-refractivity contribution in [3.63, 3.8) is 0 Å². The normalized spacial score (nSPS) is 12.0. The zero-order valence-corrected chi connectivity index (χ0v) is 15.0. The second kappa shape index (κ2) is 6.16. The molecule has 136 valence electrons. The lowest BCUT2D eigenvalue weighted by Crippen LogP contribution is -2.21.